The summed E-state index contributed by atoms with van der Waals surface area (Å²) in [7, 11) is 0. The lowest BCUT2D eigenvalue weighted by atomic mass is 9.79. The van der Waals surface area contributed by atoms with Gasteiger partial charge in [-0.15, -0.1) is 6.58 Å². The van der Waals surface area contributed by atoms with E-state index in [-0.39, 0.29) is 11.2 Å². The van der Waals surface area contributed by atoms with Crippen LogP contribution in [0, 0.1) is 5.41 Å². The summed E-state index contributed by atoms with van der Waals surface area (Å²) >= 11 is 3.41. The van der Waals surface area contributed by atoms with Crippen molar-refractivity contribution in [3.8, 4) is 0 Å². The van der Waals surface area contributed by atoms with E-state index in [1.54, 1.807) is 6.08 Å². The molecule has 0 bridgehead atoms. The Morgan fingerprint density at radius 2 is 2.00 bits per heavy atom. The number of benzene rings is 1. The van der Waals surface area contributed by atoms with E-state index in [1.807, 2.05) is 26.0 Å². The molecule has 1 unspecified atom stereocenters. The fraction of sp³-hybridized carbons (Fsp3) is 0.400. The fourth-order valence-electron chi connectivity index (χ4n) is 1.81. The summed E-state index contributed by atoms with van der Waals surface area (Å²) < 4.78 is 1.08. The second kappa shape index (κ2) is 6.15. The van der Waals surface area contributed by atoms with Crippen LogP contribution in [0.3, 0.4) is 0 Å². The van der Waals surface area contributed by atoms with Gasteiger partial charge in [0.25, 0.3) is 0 Å². The van der Waals surface area contributed by atoms with Crippen molar-refractivity contribution in [2.75, 3.05) is 0 Å². The quantitative estimate of drug-likeness (QED) is 0.703. The van der Waals surface area contributed by atoms with E-state index in [4.69, 9.17) is 0 Å². The summed E-state index contributed by atoms with van der Waals surface area (Å²) in [4.78, 5) is 11.9. The number of hydrogen-bond acceptors (Lipinski definition) is 1. The van der Waals surface area contributed by atoms with Crippen LogP contribution in [-0.4, -0.2) is 5.78 Å². The lowest BCUT2D eigenvalue weighted by Gasteiger charge is -2.23. The molecule has 0 aliphatic rings. The number of hydrogen-bond donors (Lipinski definition) is 0. The minimum Gasteiger partial charge on any atom is -0.299 e. The van der Waals surface area contributed by atoms with Crippen molar-refractivity contribution in [2.24, 2.45) is 5.41 Å². The predicted octanol–water partition coefficient (Wildman–Crippen LogP) is 4.55. The van der Waals surface area contributed by atoms with Crippen LogP contribution in [0.15, 0.2) is 41.4 Å². The van der Waals surface area contributed by atoms with Gasteiger partial charge >= 0.3 is 0 Å². The van der Waals surface area contributed by atoms with Crippen molar-refractivity contribution in [3.63, 3.8) is 0 Å². The molecule has 1 nitrogen and oxygen atoms in total. The second-order valence-corrected chi connectivity index (χ2v) is 5.44. The molecule has 0 fully saturated rings. The molecule has 0 aliphatic carbocycles. The summed E-state index contributed by atoms with van der Waals surface area (Å²) in [6.07, 6.45) is 4.09. The molecule has 0 radical (unpaired) electrons. The third-order valence-corrected chi connectivity index (χ3v) is 3.78. The third kappa shape index (κ3) is 3.81. The minimum atomic E-state index is -0.387. The highest BCUT2D eigenvalue weighted by atomic mass is 79.9. The van der Waals surface area contributed by atoms with Crippen molar-refractivity contribution in [1.29, 1.82) is 0 Å². The first kappa shape index (κ1) is 14.2. The van der Waals surface area contributed by atoms with E-state index in [9.17, 15) is 4.79 Å². The molecule has 1 atom stereocenters. The Morgan fingerprint density at radius 3 is 2.47 bits per heavy atom. The van der Waals surface area contributed by atoms with Gasteiger partial charge in [0.15, 0.2) is 0 Å². The summed E-state index contributed by atoms with van der Waals surface area (Å²) in [5.74, 6) is 0.268. The standard InChI is InChI=1S/C15H19BrO/c1-4-14(17)15(3,5-2)11-10-12-6-8-13(16)9-7-12/h5-9H,2,4,10-11H2,1,3H3. The van der Waals surface area contributed by atoms with Crippen molar-refractivity contribution in [1.82, 2.24) is 0 Å². The fourth-order valence-corrected chi connectivity index (χ4v) is 2.08. The summed E-state index contributed by atoms with van der Waals surface area (Å²) in [6.45, 7) is 7.68. The van der Waals surface area contributed by atoms with Crippen LogP contribution in [0.4, 0.5) is 0 Å². The number of Topliss-reactive ketones (excluding diaryl/α,β-unsaturated/α-hetero) is 1. The highest BCUT2D eigenvalue weighted by Gasteiger charge is 2.27. The molecule has 0 spiro atoms. The zero-order chi connectivity index (χ0) is 12.9. The van der Waals surface area contributed by atoms with Gasteiger partial charge in [-0.1, -0.05) is 41.1 Å². The summed E-state index contributed by atoms with van der Waals surface area (Å²) in [5.41, 5.74) is 0.868. The van der Waals surface area contributed by atoms with E-state index in [2.05, 4.69) is 34.6 Å². The van der Waals surface area contributed by atoms with Gasteiger partial charge in [0.05, 0.1) is 0 Å². The number of ketones is 1. The zero-order valence-electron chi connectivity index (χ0n) is 10.5. The second-order valence-electron chi connectivity index (χ2n) is 4.52. The van der Waals surface area contributed by atoms with Gasteiger partial charge in [-0.2, -0.15) is 0 Å². The third-order valence-electron chi connectivity index (χ3n) is 3.25. The number of rotatable bonds is 6. The van der Waals surface area contributed by atoms with Crippen LogP contribution in [0.1, 0.15) is 32.3 Å². The van der Waals surface area contributed by atoms with Crippen LogP contribution in [0.25, 0.3) is 0 Å². The van der Waals surface area contributed by atoms with Gasteiger partial charge in [0.2, 0.25) is 0 Å². The van der Waals surface area contributed by atoms with E-state index in [0.717, 1.165) is 17.3 Å². The predicted molar refractivity (Wildman–Crippen MR) is 76.1 cm³/mol. The molecule has 0 saturated heterocycles. The maximum Gasteiger partial charge on any atom is 0.142 e. The van der Waals surface area contributed by atoms with Gasteiger partial charge in [-0.25, -0.2) is 0 Å². The van der Waals surface area contributed by atoms with Crippen molar-refractivity contribution < 1.29 is 4.79 Å². The molecule has 1 aromatic carbocycles. The molecule has 1 rings (SSSR count). The van der Waals surface area contributed by atoms with E-state index >= 15 is 0 Å². The number of aryl methyl sites for hydroxylation is 1. The Bertz CT molecular complexity index is 394. The molecule has 0 aliphatic heterocycles. The molecular formula is C15H19BrO. The minimum absolute atomic E-state index is 0.268. The summed E-state index contributed by atoms with van der Waals surface area (Å²) in [6, 6.07) is 8.23. The van der Waals surface area contributed by atoms with Crippen LogP contribution in [0.5, 0.6) is 0 Å². The van der Waals surface area contributed by atoms with E-state index in [0.29, 0.717) is 6.42 Å². The van der Waals surface area contributed by atoms with Gasteiger partial charge in [0.1, 0.15) is 5.78 Å². The van der Waals surface area contributed by atoms with Gasteiger partial charge < -0.3 is 0 Å². The first-order valence-corrected chi connectivity index (χ1v) is 6.72. The first-order valence-electron chi connectivity index (χ1n) is 5.93. The summed E-state index contributed by atoms with van der Waals surface area (Å²) in [5, 5.41) is 0. The molecule has 1 aromatic rings. The lowest BCUT2D eigenvalue weighted by molar-refractivity contribution is -0.125. The molecule has 0 amide bonds. The Labute approximate surface area is 112 Å². The molecule has 0 heterocycles. The normalized spacial score (nSPS) is 14.1. The highest BCUT2D eigenvalue weighted by molar-refractivity contribution is 9.10. The topological polar surface area (TPSA) is 17.1 Å². The van der Waals surface area contributed by atoms with Crippen molar-refractivity contribution in [2.45, 2.75) is 33.1 Å². The largest absolute Gasteiger partial charge is 0.299 e. The van der Waals surface area contributed by atoms with Crippen LogP contribution in [-0.2, 0) is 11.2 Å². The number of halogens is 1. The lowest BCUT2D eigenvalue weighted by Crippen LogP contribution is -2.25. The van der Waals surface area contributed by atoms with Crippen LogP contribution >= 0.6 is 15.9 Å². The average Bonchev–Trinajstić information content (AvgIpc) is 2.36. The molecular weight excluding hydrogens is 276 g/mol. The maximum atomic E-state index is 11.9. The zero-order valence-corrected chi connectivity index (χ0v) is 12.1. The number of carbonyl (C=O) groups is 1. The van der Waals surface area contributed by atoms with Crippen molar-refractivity contribution >= 4 is 21.7 Å². The molecule has 0 N–H and O–H groups in total. The molecule has 17 heavy (non-hydrogen) atoms. The molecule has 2 heteroatoms. The Balaban J connectivity index is 2.68. The highest BCUT2D eigenvalue weighted by Crippen LogP contribution is 2.27. The van der Waals surface area contributed by atoms with E-state index < -0.39 is 0 Å². The maximum absolute atomic E-state index is 11.9. The monoisotopic (exact) mass is 294 g/mol. The average molecular weight is 295 g/mol. The Hall–Kier alpha value is -0.890. The molecule has 0 aromatic heterocycles. The SMILES string of the molecule is C=CC(C)(CCc1ccc(Br)cc1)C(=O)CC. The van der Waals surface area contributed by atoms with Gasteiger partial charge in [0, 0.05) is 16.3 Å². The van der Waals surface area contributed by atoms with Gasteiger partial charge in [-0.3, -0.25) is 4.79 Å². The van der Waals surface area contributed by atoms with Gasteiger partial charge in [-0.05, 0) is 37.5 Å². The van der Waals surface area contributed by atoms with E-state index in [1.165, 1.54) is 5.56 Å². The Morgan fingerprint density at radius 1 is 1.41 bits per heavy atom. The smallest absolute Gasteiger partial charge is 0.142 e. The van der Waals surface area contributed by atoms with Crippen molar-refractivity contribution in [3.05, 3.63) is 47.0 Å². The molecule has 92 valence electrons. The number of carbonyl (C=O) groups excluding carboxylic acids is 1. The molecule has 0 saturated carbocycles. The van der Waals surface area contributed by atoms with Crippen LogP contribution in [0.2, 0.25) is 0 Å². The first-order chi connectivity index (χ1) is 8.01. The van der Waals surface area contributed by atoms with Crippen LogP contribution < -0.4 is 0 Å². The number of allylic oxidation sites excluding steroid dienone is 1. The Kier molecular flexibility index (Phi) is 5.13.